The lowest BCUT2D eigenvalue weighted by molar-refractivity contribution is -0.0664. The largest absolute Gasteiger partial charge is 0.460 e. The molecule has 3 saturated carbocycles. The maximum atomic E-state index is 13.1. The van der Waals surface area contributed by atoms with Gasteiger partial charge in [-0.1, -0.05) is 89.8 Å². The van der Waals surface area contributed by atoms with Crippen LogP contribution in [0, 0.1) is 46.3 Å². The zero-order chi connectivity index (χ0) is 34.5. The molecular weight excluding hydrogens is 608 g/mol. The predicted molar refractivity (Wildman–Crippen MR) is 193 cm³/mol. The van der Waals surface area contributed by atoms with E-state index in [4.69, 9.17) is 9.47 Å². The Kier molecular flexibility index (Phi) is 9.54. The molecule has 0 unspecified atom stereocenters. The van der Waals surface area contributed by atoms with Gasteiger partial charge in [0.25, 0.3) is 0 Å². The van der Waals surface area contributed by atoms with Gasteiger partial charge in [0.2, 0.25) is 0 Å². The van der Waals surface area contributed by atoms with E-state index >= 15 is 0 Å². The van der Waals surface area contributed by atoms with Gasteiger partial charge in [0.1, 0.15) is 6.61 Å². The van der Waals surface area contributed by atoms with Crippen LogP contribution in [0.5, 0.6) is 0 Å². The maximum absolute atomic E-state index is 13.1. The lowest BCUT2D eigenvalue weighted by atomic mass is 9.47. The van der Waals surface area contributed by atoms with Gasteiger partial charge in [-0.15, -0.1) is 0 Å². The molecule has 2 aromatic rings. The zero-order valence-electron chi connectivity index (χ0n) is 30.4. The summed E-state index contributed by atoms with van der Waals surface area (Å²) in [4.78, 5) is 38.9. The second-order valence-electron chi connectivity index (χ2n) is 17.1. The molecule has 0 aromatic heterocycles. The number of carbonyl (C=O) groups is 3. The first-order valence-electron chi connectivity index (χ1n) is 19.3. The summed E-state index contributed by atoms with van der Waals surface area (Å²) >= 11 is 0. The highest BCUT2D eigenvalue weighted by Gasteiger charge is 2.59. The smallest absolute Gasteiger partial charge is 0.338 e. The van der Waals surface area contributed by atoms with Crippen molar-refractivity contribution < 1.29 is 23.9 Å². The Bertz CT molecular complexity index is 1640. The molecule has 2 aromatic carbocycles. The molecule has 0 bridgehead atoms. The van der Waals surface area contributed by atoms with Gasteiger partial charge in [-0.25, -0.2) is 4.79 Å². The van der Waals surface area contributed by atoms with E-state index in [0.29, 0.717) is 28.7 Å². The molecule has 0 N–H and O–H groups in total. The number of benzene rings is 2. The molecule has 0 saturated heterocycles. The van der Waals surface area contributed by atoms with Gasteiger partial charge in [-0.05, 0) is 116 Å². The molecule has 5 aliphatic rings. The van der Waals surface area contributed by atoms with E-state index in [9.17, 15) is 14.4 Å². The topological polar surface area (TPSA) is 69.7 Å². The first-order valence-corrected chi connectivity index (χ1v) is 19.3. The summed E-state index contributed by atoms with van der Waals surface area (Å²) in [6, 6.07) is 11.4. The van der Waals surface area contributed by atoms with E-state index < -0.39 is 5.97 Å². The van der Waals surface area contributed by atoms with Crippen LogP contribution in [0.15, 0.2) is 54.1 Å². The quantitative estimate of drug-likeness (QED) is 0.123. The summed E-state index contributed by atoms with van der Waals surface area (Å²) in [5, 5.41) is 0. The second-order valence-corrected chi connectivity index (χ2v) is 17.1. The summed E-state index contributed by atoms with van der Waals surface area (Å²) in [6.07, 6.45) is 17.0. The SMILES string of the molecule is CC(C)CCC[C@@H](C)[C@H]1CC[C@H]2[C@@H]3CC=C4C[C@@H](OCCOC(=O)c5ccc6c(c5)C(=O)c5ccccc5C6=O)CC[C@]4(C)[C@H]3CC[C@]12C. The van der Waals surface area contributed by atoms with E-state index in [0.717, 1.165) is 48.3 Å². The lowest BCUT2D eigenvalue weighted by Gasteiger charge is -2.58. The number of carbonyl (C=O) groups excluding carboxylic acids is 3. The summed E-state index contributed by atoms with van der Waals surface area (Å²) < 4.78 is 11.9. The minimum absolute atomic E-state index is 0.151. The van der Waals surface area contributed by atoms with Gasteiger partial charge >= 0.3 is 5.97 Å². The van der Waals surface area contributed by atoms with E-state index in [-0.39, 0.29) is 40.8 Å². The van der Waals surface area contributed by atoms with Crippen LogP contribution in [0.4, 0.5) is 0 Å². The van der Waals surface area contributed by atoms with Crippen LogP contribution in [0.3, 0.4) is 0 Å². The number of rotatable bonds is 10. The normalized spacial score (nSPS) is 32.4. The van der Waals surface area contributed by atoms with E-state index in [2.05, 4.69) is 40.7 Å². The Morgan fingerprint density at radius 1 is 0.837 bits per heavy atom. The molecule has 5 heteroatoms. The van der Waals surface area contributed by atoms with Crippen LogP contribution < -0.4 is 0 Å². The highest BCUT2D eigenvalue weighted by atomic mass is 16.6. The van der Waals surface area contributed by atoms with Crippen molar-refractivity contribution in [3.63, 3.8) is 0 Å². The van der Waals surface area contributed by atoms with Crippen molar-refractivity contribution in [2.45, 2.75) is 111 Å². The van der Waals surface area contributed by atoms with Gasteiger partial charge < -0.3 is 9.47 Å². The van der Waals surface area contributed by atoms with Crippen molar-refractivity contribution in [3.05, 3.63) is 81.9 Å². The third-order valence-corrected chi connectivity index (χ3v) is 14.1. The van der Waals surface area contributed by atoms with Gasteiger partial charge in [0, 0.05) is 22.3 Å². The maximum Gasteiger partial charge on any atom is 0.338 e. The predicted octanol–water partition coefficient (Wildman–Crippen LogP) is 10.0. The van der Waals surface area contributed by atoms with Crippen molar-refractivity contribution in [1.29, 1.82) is 0 Å². The number of ether oxygens (including phenoxy) is 2. The summed E-state index contributed by atoms with van der Waals surface area (Å²) in [5.41, 5.74) is 4.03. The van der Waals surface area contributed by atoms with Crippen LogP contribution in [0.1, 0.15) is 147 Å². The average Bonchev–Trinajstić information content (AvgIpc) is 3.46. The van der Waals surface area contributed by atoms with Crippen LogP contribution in [0.25, 0.3) is 0 Å². The molecule has 7 rings (SSSR count). The fourth-order valence-corrected chi connectivity index (χ4v) is 11.5. The van der Waals surface area contributed by atoms with Crippen LogP contribution in [-0.4, -0.2) is 36.9 Å². The summed E-state index contributed by atoms with van der Waals surface area (Å²) in [5.74, 6) is 4.07. The molecule has 0 aliphatic heterocycles. The van der Waals surface area contributed by atoms with Crippen molar-refractivity contribution in [1.82, 2.24) is 0 Å². The van der Waals surface area contributed by atoms with E-state index in [1.807, 2.05) is 0 Å². The molecule has 0 spiro atoms. The monoisotopic (exact) mass is 664 g/mol. The zero-order valence-corrected chi connectivity index (χ0v) is 30.4. The highest BCUT2D eigenvalue weighted by molar-refractivity contribution is 6.28. The van der Waals surface area contributed by atoms with E-state index in [1.54, 1.807) is 42.0 Å². The average molecular weight is 665 g/mol. The first kappa shape index (κ1) is 34.4. The Morgan fingerprint density at radius 3 is 2.33 bits per heavy atom. The molecular formula is C44H56O5. The van der Waals surface area contributed by atoms with Crippen molar-refractivity contribution in [2.75, 3.05) is 13.2 Å². The number of fused-ring (bicyclic) bond motifs is 7. The van der Waals surface area contributed by atoms with Crippen molar-refractivity contribution in [3.8, 4) is 0 Å². The van der Waals surface area contributed by atoms with Crippen LogP contribution in [-0.2, 0) is 9.47 Å². The molecule has 0 amide bonds. The number of hydrogen-bond acceptors (Lipinski definition) is 5. The van der Waals surface area contributed by atoms with Gasteiger partial charge in [0.15, 0.2) is 11.6 Å². The Balaban J connectivity index is 0.917. The van der Waals surface area contributed by atoms with Crippen molar-refractivity contribution in [2.24, 2.45) is 46.3 Å². The third kappa shape index (κ3) is 6.17. The molecule has 0 radical (unpaired) electrons. The fourth-order valence-electron chi connectivity index (χ4n) is 11.5. The van der Waals surface area contributed by atoms with Crippen LogP contribution in [0.2, 0.25) is 0 Å². The lowest BCUT2D eigenvalue weighted by Crippen LogP contribution is -2.51. The van der Waals surface area contributed by atoms with Gasteiger partial charge in [-0.2, -0.15) is 0 Å². The standard InChI is InChI=1S/C44H56O5/c1-27(2)9-8-10-28(3)37-17-18-38-35-16-14-30-26-31(19-21-43(30,4)39(35)20-22-44(37,38)5)48-23-24-49-42(47)29-13-15-34-36(25-29)41(46)33-12-7-6-11-32(33)40(34)45/h6-7,11-15,25,27-28,31,35,37-39H,8-10,16-24,26H2,1-5H3/t28-,31+,35+,37-,38+,39+,43+,44-/m1/s1. The van der Waals surface area contributed by atoms with Crippen molar-refractivity contribution >= 4 is 17.5 Å². The van der Waals surface area contributed by atoms with Gasteiger partial charge in [-0.3, -0.25) is 9.59 Å². The fraction of sp³-hybridized carbons (Fsp3) is 0.614. The molecule has 5 aliphatic carbocycles. The Morgan fingerprint density at radius 2 is 1.57 bits per heavy atom. The molecule has 5 nitrogen and oxygen atoms in total. The number of allylic oxidation sites excluding steroid dienone is 1. The molecule has 262 valence electrons. The van der Waals surface area contributed by atoms with Crippen LogP contribution >= 0.6 is 0 Å². The number of ketones is 2. The summed E-state index contributed by atoms with van der Waals surface area (Å²) in [6.45, 7) is 13.0. The molecule has 0 heterocycles. The number of esters is 1. The minimum Gasteiger partial charge on any atom is -0.460 e. The number of hydrogen-bond donors (Lipinski definition) is 0. The molecule has 3 fully saturated rings. The second kappa shape index (κ2) is 13.6. The van der Waals surface area contributed by atoms with E-state index in [1.165, 1.54) is 63.9 Å². The Hall–Kier alpha value is -3.05. The minimum atomic E-state index is -0.508. The highest BCUT2D eigenvalue weighted by Crippen LogP contribution is 2.67. The molecule has 49 heavy (non-hydrogen) atoms. The van der Waals surface area contributed by atoms with Gasteiger partial charge in [0.05, 0.1) is 18.3 Å². The first-order chi connectivity index (χ1) is 23.5. The summed E-state index contributed by atoms with van der Waals surface area (Å²) in [7, 11) is 0. The Labute approximate surface area is 293 Å². The molecule has 8 atom stereocenters. The third-order valence-electron chi connectivity index (χ3n) is 14.1.